The summed E-state index contributed by atoms with van der Waals surface area (Å²) < 4.78 is 5.50. The zero-order valence-electron chi connectivity index (χ0n) is 21.2. The minimum Gasteiger partial charge on any atom is -0.508 e. The summed E-state index contributed by atoms with van der Waals surface area (Å²) in [6, 6.07) is 6.56. The van der Waals surface area contributed by atoms with Gasteiger partial charge in [-0.1, -0.05) is 44.1 Å². The number of carbonyl (C=O) groups is 1. The average molecular weight is 487 g/mol. The van der Waals surface area contributed by atoms with Crippen molar-refractivity contribution < 1.29 is 30.0 Å². The number of carbonyl (C=O) groups excluding carboxylic acids is 1. The molecule has 1 aromatic rings. The number of phenolic OH excluding ortho intramolecular Hbond substituents is 1. The topological polar surface area (TPSA) is 107 Å². The Morgan fingerprint density at radius 1 is 1.14 bits per heavy atom. The van der Waals surface area contributed by atoms with E-state index in [1.54, 1.807) is 30.3 Å². The molecule has 0 saturated heterocycles. The number of fused-ring (bicyclic) bond motifs is 1. The van der Waals surface area contributed by atoms with Crippen LogP contribution in [0.2, 0.25) is 0 Å². The number of phenols is 1. The molecule has 4 N–H and O–H groups in total. The van der Waals surface area contributed by atoms with Gasteiger partial charge in [0.15, 0.2) is 0 Å². The van der Waals surface area contributed by atoms with Gasteiger partial charge in [0.25, 0.3) is 0 Å². The molecule has 0 aromatic heterocycles. The Kier molecular flexibility index (Phi) is 9.56. The molecule has 2 aliphatic rings. The summed E-state index contributed by atoms with van der Waals surface area (Å²) in [4.78, 5) is 12.3. The van der Waals surface area contributed by atoms with Gasteiger partial charge >= 0.3 is 5.97 Å². The Labute approximate surface area is 209 Å². The second kappa shape index (κ2) is 12.2. The number of aliphatic hydroxyl groups excluding tert-OH is 3. The minimum absolute atomic E-state index is 0.0211. The van der Waals surface area contributed by atoms with E-state index in [9.17, 15) is 25.2 Å². The molecule has 0 bridgehead atoms. The first-order valence-electron chi connectivity index (χ1n) is 13.0. The number of rotatable bonds is 11. The average Bonchev–Trinajstić information content (AvgIpc) is 2.85. The van der Waals surface area contributed by atoms with Crippen LogP contribution in [0.15, 0.2) is 42.0 Å². The van der Waals surface area contributed by atoms with Gasteiger partial charge in [0.05, 0.1) is 19.8 Å². The van der Waals surface area contributed by atoms with E-state index in [2.05, 4.69) is 19.9 Å². The van der Waals surface area contributed by atoms with Crippen LogP contribution in [0, 0.1) is 28.6 Å². The third kappa shape index (κ3) is 6.35. The summed E-state index contributed by atoms with van der Waals surface area (Å²) in [5.74, 6) is 0.716. The lowest BCUT2D eigenvalue weighted by Gasteiger charge is -2.55. The molecule has 35 heavy (non-hydrogen) atoms. The van der Waals surface area contributed by atoms with Crippen LogP contribution >= 0.6 is 0 Å². The van der Waals surface area contributed by atoms with Gasteiger partial charge in [0.1, 0.15) is 5.75 Å². The summed E-state index contributed by atoms with van der Waals surface area (Å²) in [7, 11) is 0. The molecule has 0 radical (unpaired) electrons. The van der Waals surface area contributed by atoms with Gasteiger partial charge in [-0.25, -0.2) is 4.79 Å². The number of aliphatic hydroxyl groups is 3. The largest absolute Gasteiger partial charge is 0.508 e. The third-order valence-electron chi connectivity index (χ3n) is 8.53. The highest BCUT2D eigenvalue weighted by Gasteiger charge is 2.52. The van der Waals surface area contributed by atoms with E-state index < -0.39 is 11.4 Å². The van der Waals surface area contributed by atoms with Crippen molar-refractivity contribution in [3.8, 4) is 5.75 Å². The van der Waals surface area contributed by atoms with Crippen molar-refractivity contribution in [2.75, 3.05) is 26.4 Å². The number of hydrogen-bond donors (Lipinski definition) is 4. The molecule has 6 heteroatoms. The van der Waals surface area contributed by atoms with Gasteiger partial charge in [-0.3, -0.25) is 0 Å². The number of ether oxygens (including phenoxy) is 1. The van der Waals surface area contributed by atoms with Gasteiger partial charge < -0.3 is 25.2 Å². The van der Waals surface area contributed by atoms with Crippen molar-refractivity contribution in [1.82, 2.24) is 0 Å². The van der Waals surface area contributed by atoms with Crippen LogP contribution in [0.1, 0.15) is 64.4 Å². The Bertz CT molecular complexity index is 885. The summed E-state index contributed by atoms with van der Waals surface area (Å²) in [5, 5.41) is 39.3. The Morgan fingerprint density at radius 2 is 1.86 bits per heavy atom. The predicted octanol–water partition coefficient (Wildman–Crippen LogP) is 4.47. The van der Waals surface area contributed by atoms with Gasteiger partial charge in [-0.15, -0.1) is 0 Å². The minimum atomic E-state index is -0.519. The molecule has 1 aromatic carbocycles. The monoisotopic (exact) mass is 486 g/mol. The van der Waals surface area contributed by atoms with Gasteiger partial charge in [-0.2, -0.15) is 0 Å². The van der Waals surface area contributed by atoms with Crippen LogP contribution in [-0.4, -0.2) is 52.8 Å². The van der Waals surface area contributed by atoms with Crippen molar-refractivity contribution in [2.45, 2.75) is 58.8 Å². The van der Waals surface area contributed by atoms with E-state index in [1.807, 2.05) is 0 Å². The van der Waals surface area contributed by atoms with Crippen molar-refractivity contribution in [2.24, 2.45) is 28.6 Å². The Morgan fingerprint density at radius 3 is 2.51 bits per heavy atom. The molecule has 2 aliphatic carbocycles. The van der Waals surface area contributed by atoms with Gasteiger partial charge in [0.2, 0.25) is 0 Å². The Balaban J connectivity index is 1.61. The highest BCUT2D eigenvalue weighted by atomic mass is 16.5. The summed E-state index contributed by atoms with van der Waals surface area (Å²) >= 11 is 0. The van der Waals surface area contributed by atoms with Crippen LogP contribution in [0.4, 0.5) is 0 Å². The fourth-order valence-corrected chi connectivity index (χ4v) is 6.49. The zero-order valence-corrected chi connectivity index (χ0v) is 21.2. The maximum absolute atomic E-state index is 12.3. The van der Waals surface area contributed by atoms with Crippen LogP contribution < -0.4 is 0 Å². The molecule has 0 unspecified atom stereocenters. The molecule has 0 amide bonds. The summed E-state index contributed by atoms with van der Waals surface area (Å²) in [6.07, 6.45) is 11.5. The van der Waals surface area contributed by atoms with Crippen LogP contribution in [0.25, 0.3) is 6.08 Å². The van der Waals surface area contributed by atoms with Crippen molar-refractivity contribution in [3.63, 3.8) is 0 Å². The second-order valence-corrected chi connectivity index (χ2v) is 10.8. The number of esters is 1. The van der Waals surface area contributed by atoms with E-state index in [0.29, 0.717) is 18.3 Å². The standard InChI is InChI=1S/C29H42O6/c1-21-4-12-26-28(2,15-3-16-29(26,19-31)20-32)25(21)11-7-23(14-17-30)18-35-27(34)13-8-22-5-9-24(33)10-6-22/h5-6,8-10,12-13,21,23,25,30-33H,3-4,7,11,14-20H2,1-2H3/t21-,23-,25+,28-/m1/s1. The fourth-order valence-electron chi connectivity index (χ4n) is 6.49. The van der Waals surface area contributed by atoms with Gasteiger partial charge in [0, 0.05) is 18.1 Å². The quantitative estimate of drug-likeness (QED) is 0.209. The normalized spacial score (nSPS) is 26.7. The number of hydrogen-bond acceptors (Lipinski definition) is 6. The van der Waals surface area contributed by atoms with E-state index in [4.69, 9.17) is 4.74 Å². The molecule has 4 atom stereocenters. The van der Waals surface area contributed by atoms with Crippen molar-refractivity contribution in [3.05, 3.63) is 47.6 Å². The zero-order chi connectivity index (χ0) is 25.5. The summed E-state index contributed by atoms with van der Waals surface area (Å²) in [5.41, 5.74) is 1.45. The summed E-state index contributed by atoms with van der Waals surface area (Å²) in [6.45, 7) is 4.85. The van der Waals surface area contributed by atoms with Crippen LogP contribution in [0.3, 0.4) is 0 Å². The molecule has 0 spiro atoms. The lowest BCUT2D eigenvalue weighted by Crippen LogP contribution is -2.49. The van der Waals surface area contributed by atoms with Crippen LogP contribution in [-0.2, 0) is 9.53 Å². The number of aromatic hydroxyl groups is 1. The Hall–Kier alpha value is -2.15. The van der Waals surface area contributed by atoms with Crippen LogP contribution in [0.5, 0.6) is 5.75 Å². The molecular formula is C29H42O6. The third-order valence-corrected chi connectivity index (χ3v) is 8.53. The van der Waals surface area contributed by atoms with E-state index in [0.717, 1.165) is 44.1 Å². The van der Waals surface area contributed by atoms with E-state index >= 15 is 0 Å². The molecule has 1 saturated carbocycles. The van der Waals surface area contributed by atoms with E-state index in [-0.39, 0.29) is 43.5 Å². The molecule has 194 valence electrons. The molecular weight excluding hydrogens is 444 g/mol. The van der Waals surface area contributed by atoms with Crippen molar-refractivity contribution >= 4 is 12.0 Å². The highest BCUT2D eigenvalue weighted by molar-refractivity contribution is 5.87. The smallest absolute Gasteiger partial charge is 0.330 e. The molecule has 0 heterocycles. The maximum atomic E-state index is 12.3. The lowest BCUT2D eigenvalue weighted by atomic mass is 9.50. The first-order valence-corrected chi connectivity index (χ1v) is 13.0. The highest BCUT2D eigenvalue weighted by Crippen LogP contribution is 2.59. The second-order valence-electron chi connectivity index (χ2n) is 10.8. The maximum Gasteiger partial charge on any atom is 0.330 e. The molecule has 1 fully saturated rings. The lowest BCUT2D eigenvalue weighted by molar-refractivity contribution is -0.139. The fraction of sp³-hybridized carbons (Fsp3) is 0.621. The van der Waals surface area contributed by atoms with Gasteiger partial charge in [-0.05, 0) is 85.5 Å². The van der Waals surface area contributed by atoms with Crippen molar-refractivity contribution in [1.29, 1.82) is 0 Å². The number of allylic oxidation sites excluding steroid dienone is 1. The SMILES string of the molecule is C[C@@H]1CC=C2C(CO)(CO)CCC[C@]2(C)[C@H]1CC[C@H](CCO)COC(=O)C=Cc1ccc(O)cc1. The predicted molar refractivity (Wildman–Crippen MR) is 136 cm³/mol. The molecule has 6 nitrogen and oxygen atoms in total. The number of benzene rings is 1. The molecule has 0 aliphatic heterocycles. The first kappa shape index (κ1) is 27.4. The first-order chi connectivity index (χ1) is 16.8. The molecule has 3 rings (SSSR count). The van der Waals surface area contributed by atoms with E-state index in [1.165, 1.54) is 11.6 Å².